The molecule has 0 aromatic carbocycles. The Kier molecular flexibility index (Phi) is 5.31. The van der Waals surface area contributed by atoms with E-state index >= 15 is 0 Å². The maximum Gasteiger partial charge on any atom is 0.223 e. The highest BCUT2D eigenvalue weighted by Crippen LogP contribution is 2.18. The second kappa shape index (κ2) is 6.29. The molecule has 0 aromatic rings. The predicted molar refractivity (Wildman–Crippen MR) is 62.5 cm³/mol. The van der Waals surface area contributed by atoms with Crippen molar-refractivity contribution in [3.63, 3.8) is 0 Å². The van der Waals surface area contributed by atoms with Gasteiger partial charge in [0.05, 0.1) is 19.0 Å². The van der Waals surface area contributed by atoms with Gasteiger partial charge in [-0.05, 0) is 0 Å². The molecular weight excluding hydrogens is 246 g/mol. The van der Waals surface area contributed by atoms with Gasteiger partial charge in [0.25, 0.3) is 0 Å². The largest absolute Gasteiger partial charge is 0.378 e. The molecule has 1 saturated heterocycles. The minimum absolute atomic E-state index is 0.0463. The van der Waals surface area contributed by atoms with Crippen LogP contribution in [0.2, 0.25) is 0 Å². The second-order valence-corrected chi connectivity index (χ2v) is 5.80. The van der Waals surface area contributed by atoms with Crippen molar-refractivity contribution in [1.29, 1.82) is 0 Å². The van der Waals surface area contributed by atoms with Crippen LogP contribution in [0.4, 0.5) is 0 Å². The van der Waals surface area contributed by atoms with E-state index in [9.17, 15) is 13.2 Å². The Labute approximate surface area is 101 Å². The third-order valence-corrected chi connectivity index (χ3v) is 3.47. The normalized spacial score (nSPS) is 21.2. The summed E-state index contributed by atoms with van der Waals surface area (Å²) in [6, 6.07) is 0. The van der Waals surface area contributed by atoms with Crippen LogP contribution in [0.1, 0.15) is 6.42 Å². The van der Waals surface area contributed by atoms with Gasteiger partial charge in [-0.2, -0.15) is 0 Å². The molecule has 0 bridgehead atoms. The van der Waals surface area contributed by atoms with Crippen LogP contribution in [0, 0.1) is 5.92 Å². The maximum absolute atomic E-state index is 11.5. The van der Waals surface area contributed by atoms with Gasteiger partial charge in [0, 0.05) is 32.0 Å². The SMILES string of the molecule is NCCOCCN1CC(CS(N)(=O)=O)CC1=O. The first kappa shape index (κ1) is 14.4. The first-order valence-electron chi connectivity index (χ1n) is 5.48. The number of ether oxygens (including phenoxy) is 1. The Morgan fingerprint density at radius 1 is 1.41 bits per heavy atom. The molecule has 17 heavy (non-hydrogen) atoms. The molecule has 1 heterocycles. The molecule has 8 heteroatoms. The summed E-state index contributed by atoms with van der Waals surface area (Å²) in [4.78, 5) is 13.1. The van der Waals surface area contributed by atoms with E-state index in [-0.39, 0.29) is 24.0 Å². The van der Waals surface area contributed by atoms with E-state index in [2.05, 4.69) is 0 Å². The molecule has 1 unspecified atom stereocenters. The predicted octanol–water partition coefficient (Wildman–Crippen LogP) is -1.90. The molecule has 1 fully saturated rings. The fraction of sp³-hybridized carbons (Fsp3) is 0.889. The minimum Gasteiger partial charge on any atom is -0.378 e. The van der Waals surface area contributed by atoms with E-state index in [1.165, 1.54) is 0 Å². The topological polar surface area (TPSA) is 116 Å². The number of nitrogens with two attached hydrogens (primary N) is 2. The number of rotatable bonds is 7. The van der Waals surface area contributed by atoms with Gasteiger partial charge < -0.3 is 15.4 Å². The van der Waals surface area contributed by atoms with Crippen molar-refractivity contribution < 1.29 is 17.9 Å². The van der Waals surface area contributed by atoms with Crippen molar-refractivity contribution >= 4 is 15.9 Å². The highest BCUT2D eigenvalue weighted by molar-refractivity contribution is 7.89. The van der Waals surface area contributed by atoms with Crippen molar-refractivity contribution in [2.45, 2.75) is 6.42 Å². The number of amides is 1. The molecule has 0 radical (unpaired) electrons. The summed E-state index contributed by atoms with van der Waals surface area (Å²) in [5.74, 6) is -0.388. The smallest absolute Gasteiger partial charge is 0.223 e. The Balaban J connectivity index is 2.32. The minimum atomic E-state index is -3.51. The quantitative estimate of drug-likeness (QED) is 0.522. The van der Waals surface area contributed by atoms with Crippen LogP contribution in [-0.4, -0.2) is 57.8 Å². The fourth-order valence-corrected chi connectivity index (χ4v) is 2.75. The molecule has 1 rings (SSSR count). The molecule has 7 nitrogen and oxygen atoms in total. The fourth-order valence-electron chi connectivity index (χ4n) is 1.87. The van der Waals surface area contributed by atoms with Crippen LogP contribution in [0.15, 0.2) is 0 Å². The van der Waals surface area contributed by atoms with Crippen molar-refractivity contribution in [2.24, 2.45) is 16.8 Å². The van der Waals surface area contributed by atoms with Gasteiger partial charge in [-0.25, -0.2) is 13.6 Å². The van der Waals surface area contributed by atoms with Gasteiger partial charge >= 0.3 is 0 Å². The molecule has 4 N–H and O–H groups in total. The average Bonchev–Trinajstić information content (AvgIpc) is 2.51. The van der Waals surface area contributed by atoms with Crippen molar-refractivity contribution in [1.82, 2.24) is 4.90 Å². The molecule has 0 spiro atoms. The van der Waals surface area contributed by atoms with Gasteiger partial charge in [0.2, 0.25) is 15.9 Å². The number of carbonyl (C=O) groups is 1. The van der Waals surface area contributed by atoms with E-state index in [1.54, 1.807) is 4.90 Å². The third-order valence-electron chi connectivity index (χ3n) is 2.53. The molecule has 0 aromatic heterocycles. The van der Waals surface area contributed by atoms with Gasteiger partial charge in [0.15, 0.2) is 0 Å². The van der Waals surface area contributed by atoms with Crippen LogP contribution >= 0.6 is 0 Å². The number of sulfonamides is 1. The molecule has 100 valence electrons. The van der Waals surface area contributed by atoms with Gasteiger partial charge in [-0.1, -0.05) is 0 Å². The van der Waals surface area contributed by atoms with E-state index < -0.39 is 10.0 Å². The van der Waals surface area contributed by atoms with Crippen LogP contribution in [0.25, 0.3) is 0 Å². The van der Waals surface area contributed by atoms with Gasteiger partial charge in [0.1, 0.15) is 0 Å². The standard InChI is InChI=1S/C9H19N3O4S/c10-1-3-16-4-2-12-6-8(5-9(12)13)7-17(11,14)15/h8H,1-7,10H2,(H2,11,14,15). The van der Waals surface area contributed by atoms with Gasteiger partial charge in [-0.3, -0.25) is 4.79 Å². The molecular formula is C9H19N3O4S. The average molecular weight is 265 g/mol. The van der Waals surface area contributed by atoms with E-state index in [4.69, 9.17) is 15.6 Å². The second-order valence-electron chi connectivity index (χ2n) is 4.14. The molecule has 1 aliphatic rings. The Bertz CT molecular complexity index is 357. The Hall–Kier alpha value is -0.700. The number of carbonyl (C=O) groups excluding carboxylic acids is 1. The Morgan fingerprint density at radius 2 is 2.12 bits per heavy atom. The number of likely N-dealkylation sites (tertiary alicyclic amines) is 1. The molecule has 1 atom stereocenters. The lowest BCUT2D eigenvalue weighted by molar-refractivity contribution is -0.128. The zero-order valence-electron chi connectivity index (χ0n) is 9.67. The summed E-state index contributed by atoms with van der Waals surface area (Å²) < 4.78 is 27.0. The summed E-state index contributed by atoms with van der Waals surface area (Å²) >= 11 is 0. The zero-order chi connectivity index (χ0) is 12.9. The molecule has 0 aliphatic carbocycles. The lowest BCUT2D eigenvalue weighted by atomic mass is 10.1. The first-order valence-corrected chi connectivity index (χ1v) is 7.20. The first-order chi connectivity index (χ1) is 7.92. The number of hydrogen-bond donors (Lipinski definition) is 2. The zero-order valence-corrected chi connectivity index (χ0v) is 10.5. The maximum atomic E-state index is 11.5. The van der Waals surface area contributed by atoms with Gasteiger partial charge in [-0.15, -0.1) is 0 Å². The molecule has 1 aliphatic heterocycles. The molecule has 1 amide bonds. The van der Waals surface area contributed by atoms with Crippen LogP contribution in [-0.2, 0) is 19.6 Å². The van der Waals surface area contributed by atoms with Crippen LogP contribution in [0.5, 0.6) is 0 Å². The summed E-state index contributed by atoms with van der Waals surface area (Å²) in [7, 11) is -3.51. The highest BCUT2D eigenvalue weighted by Gasteiger charge is 2.31. The van der Waals surface area contributed by atoms with Crippen molar-refractivity contribution in [2.75, 3.05) is 38.6 Å². The van der Waals surface area contributed by atoms with E-state index in [1.807, 2.05) is 0 Å². The van der Waals surface area contributed by atoms with E-state index in [0.717, 1.165) is 0 Å². The lowest BCUT2D eigenvalue weighted by Gasteiger charge is -2.16. The van der Waals surface area contributed by atoms with Crippen molar-refractivity contribution in [3.05, 3.63) is 0 Å². The lowest BCUT2D eigenvalue weighted by Crippen LogP contribution is -2.31. The summed E-state index contributed by atoms with van der Waals surface area (Å²) in [5.41, 5.74) is 5.26. The van der Waals surface area contributed by atoms with Crippen LogP contribution < -0.4 is 10.9 Å². The Morgan fingerprint density at radius 3 is 2.71 bits per heavy atom. The van der Waals surface area contributed by atoms with Crippen LogP contribution in [0.3, 0.4) is 0 Å². The number of primary sulfonamides is 1. The van der Waals surface area contributed by atoms with E-state index in [0.29, 0.717) is 32.8 Å². The third kappa shape index (κ3) is 5.44. The summed E-state index contributed by atoms with van der Waals surface area (Å²) in [5, 5.41) is 4.95. The monoisotopic (exact) mass is 265 g/mol. The van der Waals surface area contributed by atoms with Crippen molar-refractivity contribution in [3.8, 4) is 0 Å². The summed E-state index contributed by atoms with van der Waals surface area (Å²) in [6.07, 6.45) is 0.243. The number of hydrogen-bond acceptors (Lipinski definition) is 5. The molecule has 0 saturated carbocycles. The summed E-state index contributed by atoms with van der Waals surface area (Å²) in [6.45, 7) is 2.23. The number of nitrogens with zero attached hydrogens (tertiary/aromatic N) is 1. The highest BCUT2D eigenvalue weighted by atomic mass is 32.2.